The Morgan fingerprint density at radius 2 is 1.73 bits per heavy atom. The van der Waals surface area contributed by atoms with Gasteiger partial charge in [0.1, 0.15) is 10.0 Å². The summed E-state index contributed by atoms with van der Waals surface area (Å²) in [6, 6.07) is 14.5. The van der Waals surface area contributed by atoms with Crippen molar-refractivity contribution >= 4 is 27.0 Å². The second kappa shape index (κ2) is 11.6. The summed E-state index contributed by atoms with van der Waals surface area (Å²) in [6.07, 6.45) is -4.84. The summed E-state index contributed by atoms with van der Waals surface area (Å²) in [7, 11) is -3.73. The number of aliphatic hydroxyl groups is 1. The molecular weight excluding hydrogens is 582 g/mol. The molecule has 7 nitrogen and oxygen atoms in total. The van der Waals surface area contributed by atoms with Crippen molar-refractivity contribution in [3.8, 4) is 0 Å². The van der Waals surface area contributed by atoms with Gasteiger partial charge < -0.3 is 14.7 Å². The number of anilines is 1. The van der Waals surface area contributed by atoms with Crippen molar-refractivity contribution in [1.82, 2.24) is 9.21 Å². The summed E-state index contributed by atoms with van der Waals surface area (Å²) in [5.41, 5.74) is -1.80. The summed E-state index contributed by atoms with van der Waals surface area (Å²) in [5.74, 6) is -0.349. The average Bonchev–Trinajstić information content (AvgIpc) is 3.50. The zero-order valence-corrected chi connectivity index (χ0v) is 23.9. The number of nitrogens with zero attached hydrogens (tertiary/aromatic N) is 3. The smallest absolute Gasteiger partial charge is 0.378 e. The number of piperazine rings is 1. The second-order valence-electron chi connectivity index (χ2n) is 10.4. The van der Waals surface area contributed by atoms with Gasteiger partial charge in [-0.1, -0.05) is 30.3 Å². The van der Waals surface area contributed by atoms with Gasteiger partial charge in [0.2, 0.25) is 0 Å². The number of hydrogen-bond acceptors (Lipinski definition) is 7. The van der Waals surface area contributed by atoms with Crippen LogP contribution in [0.1, 0.15) is 24.1 Å². The first-order valence-corrected chi connectivity index (χ1v) is 15.5. The van der Waals surface area contributed by atoms with E-state index in [1.54, 1.807) is 29.6 Å². The zero-order valence-electron chi connectivity index (χ0n) is 22.3. The molecule has 1 N–H and O–H groups in total. The monoisotopic (exact) mass is 613 g/mol. The second-order valence-corrected chi connectivity index (χ2v) is 13.5. The van der Waals surface area contributed by atoms with Gasteiger partial charge in [0.15, 0.2) is 5.60 Å². The average molecular weight is 614 g/mol. The Morgan fingerprint density at radius 3 is 2.37 bits per heavy atom. The predicted molar refractivity (Wildman–Crippen MR) is 148 cm³/mol. The van der Waals surface area contributed by atoms with Crippen LogP contribution in [0, 0.1) is 5.82 Å². The summed E-state index contributed by atoms with van der Waals surface area (Å²) in [4.78, 5) is 4.18. The quantitative estimate of drug-likeness (QED) is 0.393. The Labute approximate surface area is 240 Å². The molecule has 2 saturated heterocycles. The van der Waals surface area contributed by atoms with Gasteiger partial charge in [0, 0.05) is 38.4 Å². The van der Waals surface area contributed by atoms with E-state index in [4.69, 9.17) is 4.74 Å². The van der Waals surface area contributed by atoms with Gasteiger partial charge in [-0.3, -0.25) is 4.90 Å². The van der Waals surface area contributed by atoms with Crippen molar-refractivity contribution in [2.75, 3.05) is 50.8 Å². The van der Waals surface area contributed by atoms with Crippen molar-refractivity contribution in [1.29, 1.82) is 0 Å². The first-order chi connectivity index (χ1) is 19.4. The summed E-state index contributed by atoms with van der Waals surface area (Å²) < 4.78 is 88.1. The van der Waals surface area contributed by atoms with Crippen molar-refractivity contribution < 1.29 is 35.8 Å². The van der Waals surface area contributed by atoms with Crippen LogP contribution >= 0.6 is 11.3 Å². The van der Waals surface area contributed by atoms with E-state index in [0.29, 0.717) is 45.5 Å². The lowest BCUT2D eigenvalue weighted by Crippen LogP contribution is -2.59. The van der Waals surface area contributed by atoms with Crippen LogP contribution in [0.15, 0.2) is 70.3 Å². The molecule has 2 aromatic carbocycles. The standard InChI is InChI=1S/C28H31F4N3O4S2/c1-27(36,28(30,31)32)21-6-10-23(11-7-21)35-13-12-34(41(37,38)26-3-2-16-40-26)18-24(35)17-33-14-15-39-19-25(33)20-4-8-22(29)9-5-20/h2-11,16,24-25,36H,12-15,17-19H2,1H3. The molecule has 2 aliphatic heterocycles. The molecule has 2 fully saturated rings. The molecule has 41 heavy (non-hydrogen) atoms. The highest BCUT2D eigenvalue weighted by Gasteiger charge is 2.51. The number of sulfonamides is 1. The van der Waals surface area contributed by atoms with Gasteiger partial charge in [0.05, 0.1) is 25.3 Å². The predicted octanol–water partition coefficient (Wildman–Crippen LogP) is 4.61. The molecular formula is C28H31F4N3O4S2. The highest BCUT2D eigenvalue weighted by molar-refractivity contribution is 7.91. The molecule has 0 aliphatic carbocycles. The van der Waals surface area contributed by atoms with E-state index in [1.807, 2.05) is 4.90 Å². The zero-order chi connectivity index (χ0) is 29.4. The number of alkyl halides is 3. The summed E-state index contributed by atoms with van der Waals surface area (Å²) in [5, 5.41) is 11.8. The molecule has 0 radical (unpaired) electrons. The molecule has 2 aliphatic rings. The van der Waals surface area contributed by atoms with E-state index in [2.05, 4.69) is 4.90 Å². The van der Waals surface area contributed by atoms with E-state index in [-0.39, 0.29) is 40.8 Å². The van der Waals surface area contributed by atoms with E-state index in [0.717, 1.165) is 16.9 Å². The number of morpholine rings is 1. The number of benzene rings is 2. The van der Waals surface area contributed by atoms with Crippen LogP contribution in [0.5, 0.6) is 0 Å². The van der Waals surface area contributed by atoms with Crippen molar-refractivity contribution in [2.24, 2.45) is 0 Å². The van der Waals surface area contributed by atoms with Crippen molar-refractivity contribution in [3.63, 3.8) is 0 Å². The Balaban J connectivity index is 1.44. The van der Waals surface area contributed by atoms with Gasteiger partial charge in [0.25, 0.3) is 10.0 Å². The van der Waals surface area contributed by atoms with Crippen LogP contribution in [0.2, 0.25) is 0 Å². The molecule has 0 amide bonds. The molecule has 3 unspecified atom stereocenters. The van der Waals surface area contributed by atoms with Crippen molar-refractivity contribution in [2.45, 2.75) is 35.0 Å². The number of thiophene rings is 1. The van der Waals surface area contributed by atoms with E-state index < -0.39 is 21.8 Å². The van der Waals surface area contributed by atoms with Crippen molar-refractivity contribution in [3.05, 3.63) is 83.0 Å². The Morgan fingerprint density at radius 1 is 1.02 bits per heavy atom. The molecule has 0 bridgehead atoms. The first kappa shape index (κ1) is 29.9. The number of rotatable bonds is 7. The molecule has 3 heterocycles. The maximum atomic E-state index is 13.6. The Kier molecular flexibility index (Phi) is 8.48. The van der Waals surface area contributed by atoms with Crippen LogP contribution in [0.4, 0.5) is 23.2 Å². The van der Waals surface area contributed by atoms with Gasteiger partial charge in [-0.15, -0.1) is 11.3 Å². The third-order valence-corrected chi connectivity index (χ3v) is 11.0. The highest BCUT2D eigenvalue weighted by atomic mass is 32.2. The maximum Gasteiger partial charge on any atom is 0.421 e. The number of hydrogen-bond donors (Lipinski definition) is 1. The molecule has 5 rings (SSSR count). The summed E-state index contributed by atoms with van der Waals surface area (Å²) >= 11 is 1.15. The van der Waals surface area contributed by atoms with E-state index in [1.165, 1.54) is 40.7 Å². The third kappa shape index (κ3) is 6.15. The third-order valence-electron chi connectivity index (χ3n) is 7.79. The molecule has 3 atom stereocenters. The Bertz CT molecular complexity index is 1420. The minimum absolute atomic E-state index is 0.162. The lowest BCUT2D eigenvalue weighted by atomic mass is 9.95. The minimum Gasteiger partial charge on any atom is -0.378 e. The Hall–Kier alpha value is -2.55. The fraction of sp³-hybridized carbons (Fsp3) is 0.429. The number of halogens is 4. The van der Waals surface area contributed by atoms with Crippen LogP contribution in [-0.4, -0.2) is 80.9 Å². The lowest BCUT2D eigenvalue weighted by Gasteiger charge is -2.46. The lowest BCUT2D eigenvalue weighted by molar-refractivity contribution is -0.258. The van der Waals surface area contributed by atoms with Gasteiger partial charge in [-0.25, -0.2) is 12.8 Å². The fourth-order valence-electron chi connectivity index (χ4n) is 5.34. The first-order valence-electron chi connectivity index (χ1n) is 13.1. The van der Waals surface area contributed by atoms with Crippen LogP contribution in [-0.2, 0) is 20.4 Å². The van der Waals surface area contributed by atoms with E-state index in [9.17, 15) is 31.1 Å². The number of ether oxygens (including phenoxy) is 1. The normalized spacial score (nSPS) is 22.9. The largest absolute Gasteiger partial charge is 0.421 e. The molecule has 3 aromatic rings. The molecule has 13 heteroatoms. The minimum atomic E-state index is -4.84. The van der Waals surface area contributed by atoms with Gasteiger partial charge in [-0.2, -0.15) is 17.5 Å². The van der Waals surface area contributed by atoms with E-state index >= 15 is 0 Å². The fourth-order valence-corrected chi connectivity index (χ4v) is 7.95. The van der Waals surface area contributed by atoms with Crippen LogP contribution < -0.4 is 4.90 Å². The topological polar surface area (TPSA) is 73.3 Å². The van der Waals surface area contributed by atoms with Crippen LogP contribution in [0.3, 0.4) is 0 Å². The van der Waals surface area contributed by atoms with Gasteiger partial charge >= 0.3 is 6.18 Å². The molecule has 1 aromatic heterocycles. The maximum absolute atomic E-state index is 13.6. The summed E-state index contributed by atoms with van der Waals surface area (Å²) in [6.45, 7) is 3.25. The van der Waals surface area contributed by atoms with Crippen LogP contribution in [0.25, 0.3) is 0 Å². The SMILES string of the molecule is CC(O)(c1ccc(N2CCN(S(=O)(=O)c3cccs3)CC2CN2CCOCC2c2ccc(F)cc2)cc1)C(F)(F)F. The van der Waals surface area contributed by atoms with Gasteiger partial charge in [-0.05, 0) is 53.8 Å². The molecule has 0 saturated carbocycles. The molecule has 0 spiro atoms. The molecule has 222 valence electrons. The highest BCUT2D eigenvalue weighted by Crippen LogP contribution is 2.39.